The zero-order valence-electron chi connectivity index (χ0n) is 11.0. The first-order valence-corrected chi connectivity index (χ1v) is 5.91. The minimum Gasteiger partial charge on any atom is -0.396 e. The van der Waals surface area contributed by atoms with Crippen LogP contribution in [0.3, 0.4) is 0 Å². The average Bonchev–Trinajstić information content (AvgIpc) is 2.83. The number of benzene rings is 1. The van der Waals surface area contributed by atoms with Crippen LogP contribution in [0.4, 0.5) is 11.4 Å². The van der Waals surface area contributed by atoms with E-state index in [0.717, 1.165) is 11.3 Å². The molecule has 0 bridgehead atoms. The zero-order valence-corrected chi connectivity index (χ0v) is 11.0. The topological polar surface area (TPSA) is 87.0 Å². The van der Waals surface area contributed by atoms with Gasteiger partial charge in [0, 0.05) is 26.3 Å². The van der Waals surface area contributed by atoms with Gasteiger partial charge in [-0.05, 0) is 17.7 Å². The molecule has 0 aliphatic heterocycles. The first-order chi connectivity index (χ1) is 9.08. The molecule has 0 saturated heterocycles. The molecule has 0 unspecified atom stereocenters. The lowest BCUT2D eigenvalue weighted by atomic mass is 10.2. The zero-order chi connectivity index (χ0) is 13.8. The number of aromatic nitrogens is 2. The molecule has 1 aromatic carbocycles. The van der Waals surface area contributed by atoms with Crippen molar-refractivity contribution in [1.82, 2.24) is 15.5 Å². The van der Waals surface area contributed by atoms with Crippen molar-refractivity contribution >= 4 is 17.3 Å². The van der Waals surface area contributed by atoms with E-state index in [-0.39, 0.29) is 5.91 Å². The average molecular weight is 259 g/mol. The predicted molar refractivity (Wildman–Crippen MR) is 74.9 cm³/mol. The van der Waals surface area contributed by atoms with E-state index >= 15 is 0 Å². The Balaban J connectivity index is 1.95. The van der Waals surface area contributed by atoms with Gasteiger partial charge in [0.1, 0.15) is 5.69 Å². The third-order valence-corrected chi connectivity index (χ3v) is 2.80. The number of hydrogen-bond donors (Lipinski definition) is 3. The number of rotatable bonds is 4. The summed E-state index contributed by atoms with van der Waals surface area (Å²) in [7, 11) is 3.97. The third kappa shape index (κ3) is 3.04. The van der Waals surface area contributed by atoms with Crippen LogP contribution < -0.4 is 16.0 Å². The van der Waals surface area contributed by atoms with Gasteiger partial charge in [0.25, 0.3) is 5.91 Å². The van der Waals surface area contributed by atoms with Gasteiger partial charge in [-0.25, -0.2) is 0 Å². The van der Waals surface area contributed by atoms with Crippen LogP contribution in [0, 0.1) is 0 Å². The van der Waals surface area contributed by atoms with Crippen LogP contribution in [0.15, 0.2) is 30.5 Å². The number of carbonyl (C=O) groups is 1. The fourth-order valence-corrected chi connectivity index (χ4v) is 1.66. The summed E-state index contributed by atoms with van der Waals surface area (Å²) in [6, 6.07) is 7.97. The molecule has 0 aliphatic carbocycles. The lowest BCUT2D eigenvalue weighted by Gasteiger charge is -2.12. The summed E-state index contributed by atoms with van der Waals surface area (Å²) >= 11 is 0. The highest BCUT2D eigenvalue weighted by Crippen LogP contribution is 2.12. The van der Waals surface area contributed by atoms with E-state index in [2.05, 4.69) is 15.5 Å². The van der Waals surface area contributed by atoms with Crippen LogP contribution in [0.1, 0.15) is 16.1 Å². The fourth-order valence-electron chi connectivity index (χ4n) is 1.66. The molecule has 0 radical (unpaired) electrons. The second-order valence-electron chi connectivity index (χ2n) is 4.44. The van der Waals surface area contributed by atoms with Gasteiger partial charge in [0.05, 0.1) is 11.9 Å². The molecule has 0 fully saturated rings. The predicted octanol–water partition coefficient (Wildman–Crippen LogP) is 0.988. The molecule has 100 valence electrons. The molecule has 1 aromatic heterocycles. The van der Waals surface area contributed by atoms with E-state index in [0.29, 0.717) is 17.9 Å². The standard InChI is InChI=1S/C13H17N5O/c1-18(2)10-5-3-9(4-6-10)7-15-13(19)12-11(14)8-16-17-12/h3-6,8H,7,14H2,1-2H3,(H,15,19)(H,16,17). The fraction of sp³-hybridized carbons (Fsp3) is 0.231. The first kappa shape index (κ1) is 12.9. The van der Waals surface area contributed by atoms with E-state index in [9.17, 15) is 4.79 Å². The minimum absolute atomic E-state index is 0.258. The second kappa shape index (κ2) is 5.43. The van der Waals surface area contributed by atoms with Crippen molar-refractivity contribution in [2.24, 2.45) is 0 Å². The van der Waals surface area contributed by atoms with E-state index in [4.69, 9.17) is 5.73 Å². The van der Waals surface area contributed by atoms with E-state index in [1.54, 1.807) is 0 Å². The molecule has 0 aliphatic rings. The maximum Gasteiger partial charge on any atom is 0.271 e. The number of nitrogens with one attached hydrogen (secondary N) is 2. The molecule has 6 nitrogen and oxygen atoms in total. The van der Waals surface area contributed by atoms with Gasteiger partial charge in [0.2, 0.25) is 0 Å². The summed E-state index contributed by atoms with van der Waals surface area (Å²) < 4.78 is 0. The van der Waals surface area contributed by atoms with Crippen LogP contribution in [-0.4, -0.2) is 30.2 Å². The summed E-state index contributed by atoms with van der Waals surface area (Å²) in [5, 5.41) is 9.07. The van der Waals surface area contributed by atoms with E-state index in [1.165, 1.54) is 6.20 Å². The highest BCUT2D eigenvalue weighted by molar-refractivity contribution is 5.96. The van der Waals surface area contributed by atoms with Crippen LogP contribution in [0.25, 0.3) is 0 Å². The maximum absolute atomic E-state index is 11.8. The van der Waals surface area contributed by atoms with E-state index in [1.807, 2.05) is 43.3 Å². The molecule has 19 heavy (non-hydrogen) atoms. The number of carbonyl (C=O) groups excluding carboxylic acids is 1. The highest BCUT2D eigenvalue weighted by atomic mass is 16.1. The van der Waals surface area contributed by atoms with Gasteiger partial charge in [-0.3, -0.25) is 9.89 Å². The Morgan fingerprint density at radius 2 is 2.05 bits per heavy atom. The Morgan fingerprint density at radius 1 is 1.37 bits per heavy atom. The molecule has 2 rings (SSSR count). The number of nitrogens with two attached hydrogens (primary N) is 1. The summed E-state index contributed by atoms with van der Waals surface area (Å²) in [4.78, 5) is 13.8. The van der Waals surface area contributed by atoms with Gasteiger partial charge in [-0.1, -0.05) is 12.1 Å². The Labute approximate surface area is 111 Å². The quantitative estimate of drug-likeness (QED) is 0.764. The number of H-pyrrole nitrogens is 1. The van der Waals surface area contributed by atoms with Gasteiger partial charge in [-0.2, -0.15) is 5.10 Å². The lowest BCUT2D eigenvalue weighted by molar-refractivity contribution is 0.0947. The van der Waals surface area contributed by atoms with Gasteiger partial charge in [0.15, 0.2) is 0 Å². The van der Waals surface area contributed by atoms with E-state index < -0.39 is 0 Å². The molecule has 1 amide bonds. The summed E-state index contributed by atoms with van der Waals surface area (Å²) in [6.07, 6.45) is 1.42. The SMILES string of the molecule is CN(C)c1ccc(CNC(=O)c2[nH]ncc2N)cc1. The van der Waals surface area contributed by atoms with Gasteiger partial charge >= 0.3 is 0 Å². The number of hydrogen-bond acceptors (Lipinski definition) is 4. The van der Waals surface area contributed by atoms with Crippen molar-refractivity contribution in [2.75, 3.05) is 24.7 Å². The van der Waals surface area contributed by atoms with Crippen molar-refractivity contribution in [3.63, 3.8) is 0 Å². The second-order valence-corrected chi connectivity index (χ2v) is 4.44. The first-order valence-electron chi connectivity index (χ1n) is 5.91. The number of amides is 1. The van der Waals surface area contributed by atoms with Crippen molar-refractivity contribution in [1.29, 1.82) is 0 Å². The molecule has 0 atom stereocenters. The number of aromatic amines is 1. The monoisotopic (exact) mass is 259 g/mol. The van der Waals surface area contributed by atoms with Crippen molar-refractivity contribution < 1.29 is 4.79 Å². The molecule has 6 heteroatoms. The number of anilines is 2. The van der Waals surface area contributed by atoms with Crippen molar-refractivity contribution in [2.45, 2.75) is 6.54 Å². The molecular formula is C13H17N5O. The highest BCUT2D eigenvalue weighted by Gasteiger charge is 2.10. The molecule has 0 saturated carbocycles. The lowest BCUT2D eigenvalue weighted by Crippen LogP contribution is -2.24. The Morgan fingerprint density at radius 3 is 2.58 bits per heavy atom. The Hall–Kier alpha value is -2.50. The van der Waals surface area contributed by atoms with Crippen LogP contribution in [0.5, 0.6) is 0 Å². The van der Waals surface area contributed by atoms with Crippen LogP contribution in [0.2, 0.25) is 0 Å². The minimum atomic E-state index is -0.258. The molecular weight excluding hydrogens is 242 g/mol. The third-order valence-electron chi connectivity index (χ3n) is 2.80. The summed E-state index contributed by atoms with van der Waals surface area (Å²) in [6.45, 7) is 0.449. The van der Waals surface area contributed by atoms with Crippen LogP contribution >= 0.6 is 0 Å². The Bertz CT molecular complexity index is 559. The normalized spacial score (nSPS) is 10.2. The van der Waals surface area contributed by atoms with Crippen LogP contribution in [-0.2, 0) is 6.54 Å². The van der Waals surface area contributed by atoms with Gasteiger partial charge in [-0.15, -0.1) is 0 Å². The number of nitrogens with zero attached hydrogens (tertiary/aromatic N) is 2. The Kier molecular flexibility index (Phi) is 3.70. The van der Waals surface area contributed by atoms with Crippen molar-refractivity contribution in [3.8, 4) is 0 Å². The molecule has 1 heterocycles. The largest absolute Gasteiger partial charge is 0.396 e. The summed E-state index contributed by atoms with van der Waals surface area (Å²) in [5.74, 6) is -0.258. The molecule has 4 N–H and O–H groups in total. The molecule has 0 spiro atoms. The number of nitrogen functional groups attached to an aromatic ring is 1. The molecule has 2 aromatic rings. The van der Waals surface area contributed by atoms with Gasteiger partial charge < -0.3 is 16.0 Å². The smallest absolute Gasteiger partial charge is 0.271 e. The maximum atomic E-state index is 11.8. The summed E-state index contributed by atoms with van der Waals surface area (Å²) in [5.41, 5.74) is 8.39. The van der Waals surface area contributed by atoms with Crippen molar-refractivity contribution in [3.05, 3.63) is 41.7 Å².